The molecule has 1 atom stereocenters. The van der Waals surface area contributed by atoms with Crippen molar-refractivity contribution in [2.75, 3.05) is 34.3 Å². The molecular formula is C24H23FN2O5. The highest BCUT2D eigenvalue weighted by atomic mass is 19.1. The number of nitrogens with zero attached hydrogens (tertiary/aromatic N) is 2. The van der Waals surface area contributed by atoms with Gasteiger partial charge in [-0.2, -0.15) is 0 Å². The summed E-state index contributed by atoms with van der Waals surface area (Å²) in [5.41, 5.74) is 0.915. The van der Waals surface area contributed by atoms with E-state index < -0.39 is 23.3 Å². The second kappa shape index (κ2) is 8.55. The molecule has 1 amide bonds. The molecule has 1 aliphatic rings. The molecule has 0 saturated heterocycles. The Labute approximate surface area is 184 Å². The van der Waals surface area contributed by atoms with Gasteiger partial charge in [0, 0.05) is 6.54 Å². The molecule has 32 heavy (non-hydrogen) atoms. The maximum Gasteiger partial charge on any atom is 0.337 e. The molecule has 2 aromatic carbocycles. The van der Waals surface area contributed by atoms with Gasteiger partial charge in [0.2, 0.25) is 5.76 Å². The Kier molecular flexibility index (Phi) is 5.80. The summed E-state index contributed by atoms with van der Waals surface area (Å²) in [6, 6.07) is 9.52. The van der Waals surface area contributed by atoms with Gasteiger partial charge in [-0.3, -0.25) is 9.59 Å². The normalized spacial score (nSPS) is 15.5. The van der Waals surface area contributed by atoms with Crippen LogP contribution in [0.15, 0.2) is 51.7 Å². The van der Waals surface area contributed by atoms with Gasteiger partial charge >= 0.3 is 5.97 Å². The van der Waals surface area contributed by atoms with Crippen molar-refractivity contribution in [1.29, 1.82) is 0 Å². The van der Waals surface area contributed by atoms with Crippen molar-refractivity contribution in [1.82, 2.24) is 9.80 Å². The first-order chi connectivity index (χ1) is 15.3. The van der Waals surface area contributed by atoms with E-state index in [4.69, 9.17) is 9.15 Å². The van der Waals surface area contributed by atoms with Crippen LogP contribution >= 0.6 is 0 Å². The Hall–Kier alpha value is -3.52. The minimum Gasteiger partial charge on any atom is -0.465 e. The van der Waals surface area contributed by atoms with Crippen LogP contribution in [-0.2, 0) is 4.74 Å². The molecule has 1 aliphatic heterocycles. The van der Waals surface area contributed by atoms with Crippen molar-refractivity contribution in [2.24, 2.45) is 0 Å². The summed E-state index contributed by atoms with van der Waals surface area (Å²) in [7, 11) is 5.18. The number of methoxy groups -OCH3 is 1. The largest absolute Gasteiger partial charge is 0.465 e. The van der Waals surface area contributed by atoms with E-state index in [1.807, 2.05) is 19.0 Å². The van der Waals surface area contributed by atoms with Crippen molar-refractivity contribution >= 4 is 22.8 Å². The highest BCUT2D eigenvalue weighted by Gasteiger charge is 2.42. The topological polar surface area (TPSA) is 80.1 Å². The average molecular weight is 438 g/mol. The van der Waals surface area contributed by atoms with Gasteiger partial charge in [-0.25, -0.2) is 9.18 Å². The number of ether oxygens (including phenoxy) is 1. The van der Waals surface area contributed by atoms with Crippen LogP contribution in [0.5, 0.6) is 0 Å². The van der Waals surface area contributed by atoms with Crippen LogP contribution in [0.1, 0.15) is 44.5 Å². The predicted octanol–water partition coefficient (Wildman–Crippen LogP) is 3.22. The second-order valence-corrected chi connectivity index (χ2v) is 7.99. The quantitative estimate of drug-likeness (QED) is 0.550. The van der Waals surface area contributed by atoms with Gasteiger partial charge in [0.25, 0.3) is 5.91 Å². The van der Waals surface area contributed by atoms with E-state index in [9.17, 15) is 18.8 Å². The zero-order valence-corrected chi connectivity index (χ0v) is 18.1. The standard InChI is InChI=1S/C24H23FN2O5/c1-26(2)11-4-12-27-20(14-5-7-15(8-6-14)24(30)31-3)19-21(28)17-13-16(25)9-10-18(17)32-22(19)23(27)29/h5-10,13,20H,4,11-12H2,1-3H3/t20-/m1/s1. The number of hydrogen-bond donors (Lipinski definition) is 0. The van der Waals surface area contributed by atoms with Crippen LogP contribution in [-0.4, -0.2) is 56.0 Å². The van der Waals surface area contributed by atoms with Crippen molar-refractivity contribution in [3.63, 3.8) is 0 Å². The van der Waals surface area contributed by atoms with Gasteiger partial charge < -0.3 is 19.0 Å². The lowest BCUT2D eigenvalue weighted by molar-refractivity contribution is 0.0600. The third kappa shape index (κ3) is 3.78. The molecule has 0 bridgehead atoms. The van der Waals surface area contributed by atoms with Gasteiger partial charge in [0.1, 0.15) is 11.4 Å². The third-order valence-electron chi connectivity index (χ3n) is 5.58. The zero-order valence-electron chi connectivity index (χ0n) is 18.1. The Morgan fingerprint density at radius 3 is 2.53 bits per heavy atom. The maximum atomic E-state index is 13.8. The molecule has 1 aromatic heterocycles. The number of esters is 1. The molecule has 0 saturated carbocycles. The molecule has 8 heteroatoms. The average Bonchev–Trinajstić information content (AvgIpc) is 3.06. The van der Waals surface area contributed by atoms with E-state index in [0.29, 0.717) is 24.1 Å². The number of halogens is 1. The smallest absolute Gasteiger partial charge is 0.337 e. The van der Waals surface area contributed by atoms with Crippen molar-refractivity contribution < 1.29 is 23.1 Å². The molecule has 3 aromatic rings. The second-order valence-electron chi connectivity index (χ2n) is 7.99. The first-order valence-electron chi connectivity index (χ1n) is 10.2. The maximum absolute atomic E-state index is 13.8. The third-order valence-corrected chi connectivity index (χ3v) is 5.58. The van der Waals surface area contributed by atoms with Gasteiger partial charge in [0.05, 0.1) is 29.7 Å². The Morgan fingerprint density at radius 1 is 1.16 bits per heavy atom. The van der Waals surface area contributed by atoms with Crippen LogP contribution in [0.25, 0.3) is 11.0 Å². The van der Waals surface area contributed by atoms with Gasteiger partial charge in [0.15, 0.2) is 5.43 Å². The molecule has 0 N–H and O–H groups in total. The molecule has 0 radical (unpaired) electrons. The number of rotatable bonds is 6. The molecular weight excluding hydrogens is 415 g/mol. The SMILES string of the molecule is COC(=O)c1ccc([C@@H]2c3c(oc4ccc(F)cc4c3=O)C(=O)N2CCCN(C)C)cc1. The summed E-state index contributed by atoms with van der Waals surface area (Å²) >= 11 is 0. The molecule has 7 nitrogen and oxygen atoms in total. The van der Waals surface area contributed by atoms with Crippen LogP contribution in [0, 0.1) is 5.82 Å². The fraction of sp³-hybridized carbons (Fsp3) is 0.292. The Bertz CT molecular complexity index is 1250. The lowest BCUT2D eigenvalue weighted by Gasteiger charge is -2.25. The van der Waals surface area contributed by atoms with E-state index >= 15 is 0 Å². The molecule has 0 aliphatic carbocycles. The number of carbonyl (C=O) groups is 2. The monoisotopic (exact) mass is 438 g/mol. The summed E-state index contributed by atoms with van der Waals surface area (Å²) in [4.78, 5) is 42.0. The van der Waals surface area contributed by atoms with E-state index in [0.717, 1.165) is 12.6 Å². The number of benzene rings is 2. The number of amides is 1. The number of carbonyl (C=O) groups excluding carboxylic acids is 2. The minimum absolute atomic E-state index is 0.0268. The van der Waals surface area contributed by atoms with Gasteiger partial charge in [-0.05, 0) is 63.0 Å². The fourth-order valence-corrected chi connectivity index (χ4v) is 4.05. The highest BCUT2D eigenvalue weighted by molar-refractivity contribution is 5.99. The summed E-state index contributed by atoms with van der Waals surface area (Å²) in [5.74, 6) is -1.45. The molecule has 0 fully saturated rings. The van der Waals surface area contributed by atoms with E-state index in [1.54, 1.807) is 29.2 Å². The lowest BCUT2D eigenvalue weighted by atomic mass is 9.97. The van der Waals surface area contributed by atoms with E-state index in [-0.39, 0.29) is 28.2 Å². The molecule has 2 heterocycles. The zero-order chi connectivity index (χ0) is 23.0. The van der Waals surface area contributed by atoms with Crippen LogP contribution in [0.4, 0.5) is 4.39 Å². The molecule has 0 spiro atoms. The van der Waals surface area contributed by atoms with Crippen LogP contribution in [0.2, 0.25) is 0 Å². The van der Waals surface area contributed by atoms with Crippen LogP contribution < -0.4 is 5.43 Å². The first-order valence-corrected chi connectivity index (χ1v) is 10.2. The first kappa shape index (κ1) is 21.7. The van der Waals surface area contributed by atoms with Crippen molar-refractivity contribution in [3.05, 3.63) is 81.0 Å². The number of hydrogen-bond acceptors (Lipinski definition) is 6. The summed E-state index contributed by atoms with van der Waals surface area (Å²) in [6.07, 6.45) is 0.686. The molecule has 4 rings (SSSR count). The number of fused-ring (bicyclic) bond motifs is 2. The lowest BCUT2D eigenvalue weighted by Crippen LogP contribution is -2.32. The van der Waals surface area contributed by atoms with Gasteiger partial charge in [-0.15, -0.1) is 0 Å². The predicted molar refractivity (Wildman–Crippen MR) is 116 cm³/mol. The van der Waals surface area contributed by atoms with Crippen molar-refractivity contribution in [3.8, 4) is 0 Å². The van der Waals surface area contributed by atoms with Gasteiger partial charge in [-0.1, -0.05) is 12.1 Å². The minimum atomic E-state index is -0.699. The van der Waals surface area contributed by atoms with Crippen molar-refractivity contribution in [2.45, 2.75) is 12.5 Å². The highest BCUT2D eigenvalue weighted by Crippen LogP contribution is 2.38. The summed E-state index contributed by atoms with van der Waals surface area (Å²) in [5, 5.41) is 0.0860. The molecule has 0 unspecified atom stereocenters. The van der Waals surface area contributed by atoms with E-state index in [1.165, 1.54) is 19.2 Å². The Balaban J connectivity index is 1.85. The fourth-order valence-electron chi connectivity index (χ4n) is 4.05. The van der Waals surface area contributed by atoms with Crippen LogP contribution in [0.3, 0.4) is 0 Å². The van der Waals surface area contributed by atoms with E-state index in [2.05, 4.69) is 0 Å². The molecule has 166 valence electrons. The Morgan fingerprint density at radius 2 is 1.88 bits per heavy atom. The summed E-state index contributed by atoms with van der Waals surface area (Å²) < 4.78 is 24.4. The summed E-state index contributed by atoms with van der Waals surface area (Å²) in [6.45, 7) is 1.15.